The van der Waals surface area contributed by atoms with Gasteiger partial charge in [-0.25, -0.2) is 9.59 Å². The van der Waals surface area contributed by atoms with Crippen molar-refractivity contribution in [1.82, 2.24) is 9.13 Å². The quantitative estimate of drug-likeness (QED) is 0.0885. The normalized spacial score (nSPS) is 11.5. The van der Waals surface area contributed by atoms with Crippen LogP contribution in [0.15, 0.2) is 103 Å². The maximum Gasteiger partial charge on any atom is 0.573 e. The lowest BCUT2D eigenvalue weighted by molar-refractivity contribution is -0.275. The monoisotopic (exact) mass is 834 g/mol. The predicted octanol–water partition coefficient (Wildman–Crippen LogP) is 8.01. The first-order valence-corrected chi connectivity index (χ1v) is 16.9. The van der Waals surface area contributed by atoms with Gasteiger partial charge in [0.2, 0.25) is 0 Å². The number of hydrogen-bond donors (Lipinski definition) is 1. The fraction of sp³-hybridized carbons (Fsp3) is 0.235. The van der Waals surface area contributed by atoms with Crippen LogP contribution in [0.3, 0.4) is 0 Å². The fourth-order valence-corrected chi connectivity index (χ4v) is 4.89. The molecule has 0 amide bonds. The molecule has 0 bridgehead atoms. The lowest BCUT2D eigenvalue weighted by Gasteiger charge is -2.09. The molecule has 0 atom stereocenters. The summed E-state index contributed by atoms with van der Waals surface area (Å²) in [6.07, 6.45) is -9.47. The van der Waals surface area contributed by atoms with Crippen LogP contribution in [0.25, 0.3) is 44.5 Å². The summed E-state index contributed by atoms with van der Waals surface area (Å²) in [5.41, 5.74) is 4.65. The first-order valence-electron chi connectivity index (χ1n) is 14.7. The SMILES string of the molecule is CI.COCCn1c(=O)oc2ccc(-c3ccc(OC(F)(F)F)cc3)cc21.O=c1oc2ccc(-c3ccc(OC(F)(F)F)cc3)cc2n1CCO. The molecule has 0 aliphatic heterocycles. The Kier molecular flexibility index (Phi) is 13.0. The summed E-state index contributed by atoms with van der Waals surface area (Å²) >= 11 is 2.15. The minimum Gasteiger partial charge on any atom is -0.408 e. The molecule has 0 aliphatic carbocycles. The van der Waals surface area contributed by atoms with Crippen LogP contribution < -0.4 is 21.0 Å². The Balaban J connectivity index is 0.000000218. The van der Waals surface area contributed by atoms with E-state index in [4.69, 9.17) is 18.7 Å². The molecule has 0 radical (unpaired) electrons. The van der Waals surface area contributed by atoms with Crippen LogP contribution in [-0.4, -0.2) is 52.2 Å². The Labute approximate surface area is 298 Å². The highest BCUT2D eigenvalue weighted by molar-refractivity contribution is 14.1. The molecule has 17 heteroatoms. The summed E-state index contributed by atoms with van der Waals surface area (Å²) in [6.45, 7) is 0.558. The van der Waals surface area contributed by atoms with Crippen molar-refractivity contribution in [2.24, 2.45) is 0 Å². The van der Waals surface area contributed by atoms with E-state index in [9.17, 15) is 35.9 Å². The zero-order valence-electron chi connectivity index (χ0n) is 26.8. The Morgan fingerprint density at radius 2 is 1.00 bits per heavy atom. The Morgan fingerprint density at radius 3 is 1.35 bits per heavy atom. The number of hydrogen-bond acceptors (Lipinski definition) is 8. The van der Waals surface area contributed by atoms with E-state index in [2.05, 4.69) is 32.1 Å². The van der Waals surface area contributed by atoms with E-state index in [0.29, 0.717) is 52.0 Å². The number of methoxy groups -OCH3 is 1. The van der Waals surface area contributed by atoms with Crippen molar-refractivity contribution in [3.8, 4) is 33.8 Å². The molecule has 10 nitrogen and oxygen atoms in total. The number of alkyl halides is 7. The van der Waals surface area contributed by atoms with Crippen LogP contribution in [0.5, 0.6) is 11.5 Å². The molecule has 272 valence electrons. The molecule has 0 saturated heterocycles. The van der Waals surface area contributed by atoms with Gasteiger partial charge in [-0.2, -0.15) is 0 Å². The predicted molar refractivity (Wildman–Crippen MR) is 184 cm³/mol. The molecular formula is C34H29F6IN2O8. The van der Waals surface area contributed by atoms with Gasteiger partial charge in [0, 0.05) is 7.11 Å². The highest BCUT2D eigenvalue weighted by Crippen LogP contribution is 2.30. The third-order valence-electron chi connectivity index (χ3n) is 7.02. The molecule has 4 aromatic carbocycles. The summed E-state index contributed by atoms with van der Waals surface area (Å²) in [5.74, 6) is -1.67. The molecule has 2 aromatic heterocycles. The van der Waals surface area contributed by atoms with E-state index in [-0.39, 0.29) is 24.7 Å². The number of fused-ring (bicyclic) bond motifs is 2. The third kappa shape index (κ3) is 10.4. The van der Waals surface area contributed by atoms with Gasteiger partial charge in [-0.05, 0) is 75.7 Å². The Bertz CT molecular complexity index is 2150. The number of aliphatic hydroxyl groups excluding tert-OH is 1. The summed E-state index contributed by atoms with van der Waals surface area (Å²) in [4.78, 5) is 25.6. The number of benzene rings is 4. The van der Waals surface area contributed by atoms with E-state index in [1.54, 1.807) is 36.4 Å². The van der Waals surface area contributed by atoms with Crippen LogP contribution in [-0.2, 0) is 17.8 Å². The van der Waals surface area contributed by atoms with Crippen LogP contribution in [0, 0.1) is 0 Å². The maximum atomic E-state index is 12.2. The number of halogens is 7. The van der Waals surface area contributed by atoms with Crippen LogP contribution >= 0.6 is 22.6 Å². The second-order valence-electron chi connectivity index (χ2n) is 10.3. The van der Waals surface area contributed by atoms with Gasteiger partial charge in [-0.1, -0.05) is 59.0 Å². The van der Waals surface area contributed by atoms with E-state index in [0.717, 1.165) is 5.56 Å². The zero-order chi connectivity index (χ0) is 37.3. The minimum atomic E-state index is -4.74. The van der Waals surface area contributed by atoms with Gasteiger partial charge in [0.25, 0.3) is 0 Å². The molecule has 2 heterocycles. The average molecular weight is 835 g/mol. The van der Waals surface area contributed by atoms with Crippen LogP contribution in [0.1, 0.15) is 0 Å². The molecule has 6 aromatic rings. The third-order valence-corrected chi connectivity index (χ3v) is 7.02. The van der Waals surface area contributed by atoms with Crippen molar-refractivity contribution in [1.29, 1.82) is 0 Å². The van der Waals surface area contributed by atoms with Gasteiger partial charge in [-0.15, -0.1) is 26.3 Å². The molecule has 0 spiro atoms. The smallest absolute Gasteiger partial charge is 0.408 e. The average Bonchev–Trinajstić information content (AvgIpc) is 3.57. The summed E-state index contributed by atoms with van der Waals surface area (Å²) < 4.78 is 98.8. The van der Waals surface area contributed by atoms with Crippen molar-refractivity contribution >= 4 is 44.8 Å². The van der Waals surface area contributed by atoms with Crippen LogP contribution in [0.4, 0.5) is 26.3 Å². The van der Waals surface area contributed by atoms with Crippen molar-refractivity contribution in [2.75, 3.05) is 25.3 Å². The number of oxazole rings is 2. The maximum absolute atomic E-state index is 12.2. The Morgan fingerprint density at radius 1 is 0.627 bits per heavy atom. The molecule has 0 unspecified atom stereocenters. The number of aromatic nitrogens is 2. The molecular weight excluding hydrogens is 805 g/mol. The van der Waals surface area contributed by atoms with E-state index in [1.807, 2.05) is 4.93 Å². The van der Waals surface area contributed by atoms with Gasteiger partial charge >= 0.3 is 24.2 Å². The number of aliphatic hydroxyl groups is 1. The lowest BCUT2D eigenvalue weighted by atomic mass is 10.1. The van der Waals surface area contributed by atoms with E-state index in [1.165, 1.54) is 64.8 Å². The number of ether oxygens (including phenoxy) is 3. The molecule has 1 N–H and O–H groups in total. The van der Waals surface area contributed by atoms with E-state index >= 15 is 0 Å². The second kappa shape index (κ2) is 17.0. The zero-order valence-corrected chi connectivity index (χ0v) is 28.9. The minimum absolute atomic E-state index is 0.0909. The van der Waals surface area contributed by atoms with Gasteiger partial charge < -0.3 is 28.2 Å². The van der Waals surface area contributed by atoms with Gasteiger partial charge in [0.05, 0.1) is 37.3 Å². The van der Waals surface area contributed by atoms with Gasteiger partial charge in [0.1, 0.15) is 11.5 Å². The molecule has 0 fully saturated rings. The van der Waals surface area contributed by atoms with E-state index < -0.39 is 24.2 Å². The van der Waals surface area contributed by atoms with Crippen molar-refractivity contribution < 1.29 is 54.5 Å². The first-order chi connectivity index (χ1) is 24.2. The summed E-state index contributed by atoms with van der Waals surface area (Å²) in [6, 6.07) is 21.0. The first kappa shape index (κ1) is 39.0. The molecule has 51 heavy (non-hydrogen) atoms. The molecule has 0 saturated carbocycles. The fourth-order valence-electron chi connectivity index (χ4n) is 4.89. The molecule has 0 aliphatic rings. The van der Waals surface area contributed by atoms with Gasteiger partial charge in [0.15, 0.2) is 11.2 Å². The summed E-state index contributed by atoms with van der Waals surface area (Å²) in [5, 5.41) is 9.02. The van der Waals surface area contributed by atoms with Gasteiger partial charge in [-0.3, -0.25) is 9.13 Å². The summed E-state index contributed by atoms with van der Waals surface area (Å²) in [7, 11) is 1.53. The van der Waals surface area contributed by atoms with Crippen molar-refractivity contribution in [3.05, 3.63) is 106 Å². The van der Waals surface area contributed by atoms with Crippen molar-refractivity contribution in [2.45, 2.75) is 25.8 Å². The number of nitrogens with zero attached hydrogens (tertiary/aromatic N) is 2. The standard InChI is InChI=1S/C17H14F3NO4.C16H12F3NO4.CH3I/c1-23-9-8-21-14-10-12(4-7-15(14)24-16(21)22)11-2-5-13(6-3-11)25-17(18,19)20;17-16(18,19)24-12-4-1-10(2-5-12)11-3-6-14-13(9-11)20(7-8-21)15(22)23-14;1-2/h2-7,10H,8-9H2,1H3;1-6,9,21H,7-8H2;1H3. The largest absolute Gasteiger partial charge is 0.573 e. The molecule has 6 rings (SSSR count). The topological polar surface area (TPSA) is 118 Å². The number of rotatable bonds is 9. The highest BCUT2D eigenvalue weighted by atomic mass is 127. The highest BCUT2D eigenvalue weighted by Gasteiger charge is 2.31. The lowest BCUT2D eigenvalue weighted by Crippen LogP contribution is -2.17. The Hall–Kier alpha value is -4.75. The van der Waals surface area contributed by atoms with Crippen molar-refractivity contribution in [3.63, 3.8) is 0 Å². The van der Waals surface area contributed by atoms with Crippen LogP contribution in [0.2, 0.25) is 0 Å². The second-order valence-corrected chi connectivity index (χ2v) is 10.3.